The van der Waals surface area contributed by atoms with Crippen molar-refractivity contribution >= 4 is 32.7 Å². The Morgan fingerprint density at radius 1 is 0.366 bits per heavy atom. The van der Waals surface area contributed by atoms with Crippen LogP contribution in [0.25, 0.3) is 78.0 Å². The Labute approximate surface area is 236 Å². The van der Waals surface area contributed by atoms with Gasteiger partial charge in [-0.2, -0.15) is 0 Å². The van der Waals surface area contributed by atoms with E-state index in [0.29, 0.717) is 17.5 Å². The van der Waals surface area contributed by atoms with Crippen molar-refractivity contribution in [3.63, 3.8) is 0 Å². The van der Waals surface area contributed by atoms with Gasteiger partial charge in [-0.05, 0) is 34.7 Å². The number of aromatic nitrogens is 3. The summed E-state index contributed by atoms with van der Waals surface area (Å²) in [5, 5.41) is 4.42. The summed E-state index contributed by atoms with van der Waals surface area (Å²) in [6.07, 6.45) is 0. The predicted molar refractivity (Wildman–Crippen MR) is 166 cm³/mol. The molecule has 0 aliphatic carbocycles. The Kier molecular flexibility index (Phi) is 5.42. The van der Waals surface area contributed by atoms with Gasteiger partial charge < -0.3 is 4.42 Å². The van der Waals surface area contributed by atoms with Crippen LogP contribution in [0.4, 0.5) is 0 Å². The van der Waals surface area contributed by atoms with Crippen LogP contribution in [0.2, 0.25) is 0 Å². The van der Waals surface area contributed by atoms with Crippen LogP contribution in [0.5, 0.6) is 0 Å². The summed E-state index contributed by atoms with van der Waals surface area (Å²) in [5.41, 5.74) is 6.83. The van der Waals surface area contributed by atoms with Gasteiger partial charge in [-0.1, -0.05) is 121 Å². The molecule has 0 aliphatic heterocycles. The van der Waals surface area contributed by atoms with Gasteiger partial charge in [0.15, 0.2) is 17.5 Å². The quantitative estimate of drug-likeness (QED) is 0.230. The van der Waals surface area contributed by atoms with Gasteiger partial charge in [-0.15, -0.1) is 0 Å². The summed E-state index contributed by atoms with van der Waals surface area (Å²) in [7, 11) is 0. The molecule has 2 aromatic heterocycles. The molecule has 2 heterocycles. The first-order valence-corrected chi connectivity index (χ1v) is 13.6. The van der Waals surface area contributed by atoms with E-state index in [0.717, 1.165) is 44.0 Å². The Balaban J connectivity index is 1.34. The largest absolute Gasteiger partial charge is 0.455 e. The highest BCUT2D eigenvalue weighted by Crippen LogP contribution is 2.40. The molecule has 0 radical (unpaired) electrons. The molecular weight excluding hydrogens is 502 g/mol. The molecule has 0 atom stereocenters. The maximum absolute atomic E-state index is 6.58. The molecule has 0 amide bonds. The average molecular weight is 526 g/mol. The van der Waals surface area contributed by atoms with Crippen molar-refractivity contribution in [2.45, 2.75) is 0 Å². The first kappa shape index (κ1) is 23.3. The third-order valence-electron chi connectivity index (χ3n) is 7.52. The molecule has 0 fully saturated rings. The van der Waals surface area contributed by atoms with E-state index in [-0.39, 0.29) is 0 Å². The zero-order valence-electron chi connectivity index (χ0n) is 22.0. The van der Waals surface area contributed by atoms with Gasteiger partial charge in [-0.25, -0.2) is 15.0 Å². The zero-order chi connectivity index (χ0) is 27.2. The lowest BCUT2D eigenvalue weighted by atomic mass is 9.95. The van der Waals surface area contributed by atoms with Crippen LogP contribution < -0.4 is 0 Å². The fourth-order valence-corrected chi connectivity index (χ4v) is 5.53. The SMILES string of the molecule is c1ccc(-c2nc(-c3ccccc3)nc(-c3ccc4c(c3)oc3c5ccccc5c(-c5ccccc5)cc43)n2)cc1. The summed E-state index contributed by atoms with van der Waals surface area (Å²) in [6, 6.07) is 47.5. The number of benzene rings is 6. The summed E-state index contributed by atoms with van der Waals surface area (Å²) in [4.78, 5) is 14.6. The molecule has 0 N–H and O–H groups in total. The summed E-state index contributed by atoms with van der Waals surface area (Å²) in [5.74, 6) is 1.88. The first-order valence-electron chi connectivity index (χ1n) is 13.6. The van der Waals surface area contributed by atoms with Crippen LogP contribution in [-0.2, 0) is 0 Å². The Morgan fingerprint density at radius 3 is 1.49 bits per heavy atom. The van der Waals surface area contributed by atoms with Crippen molar-refractivity contribution in [3.05, 3.63) is 140 Å². The van der Waals surface area contributed by atoms with E-state index in [1.54, 1.807) is 0 Å². The van der Waals surface area contributed by atoms with E-state index in [1.165, 1.54) is 16.5 Å². The highest BCUT2D eigenvalue weighted by Gasteiger charge is 2.17. The van der Waals surface area contributed by atoms with Crippen molar-refractivity contribution in [1.82, 2.24) is 15.0 Å². The lowest BCUT2D eigenvalue weighted by molar-refractivity contribution is 0.673. The van der Waals surface area contributed by atoms with Crippen molar-refractivity contribution < 1.29 is 4.42 Å². The normalized spacial score (nSPS) is 11.4. The second-order valence-electron chi connectivity index (χ2n) is 10.1. The Bertz CT molecular complexity index is 2130. The van der Waals surface area contributed by atoms with E-state index in [4.69, 9.17) is 19.4 Å². The molecule has 8 aromatic rings. The fourth-order valence-electron chi connectivity index (χ4n) is 5.53. The number of rotatable bonds is 4. The molecule has 4 heteroatoms. The smallest absolute Gasteiger partial charge is 0.164 e. The van der Waals surface area contributed by atoms with Gasteiger partial charge in [0.25, 0.3) is 0 Å². The Morgan fingerprint density at radius 2 is 0.878 bits per heavy atom. The molecule has 8 rings (SSSR count). The van der Waals surface area contributed by atoms with Gasteiger partial charge in [-0.3, -0.25) is 0 Å². The van der Waals surface area contributed by atoms with Crippen molar-refractivity contribution in [1.29, 1.82) is 0 Å². The van der Waals surface area contributed by atoms with Gasteiger partial charge in [0.1, 0.15) is 11.2 Å². The molecule has 0 spiro atoms. The van der Waals surface area contributed by atoms with Crippen molar-refractivity contribution in [3.8, 4) is 45.3 Å². The topological polar surface area (TPSA) is 51.8 Å². The maximum atomic E-state index is 6.58. The van der Waals surface area contributed by atoms with Crippen LogP contribution in [0, 0.1) is 0 Å². The van der Waals surface area contributed by atoms with Crippen LogP contribution in [-0.4, -0.2) is 15.0 Å². The second-order valence-corrected chi connectivity index (χ2v) is 10.1. The first-order chi connectivity index (χ1) is 20.3. The van der Waals surface area contributed by atoms with Crippen LogP contribution >= 0.6 is 0 Å². The average Bonchev–Trinajstić information content (AvgIpc) is 3.43. The van der Waals surface area contributed by atoms with E-state index >= 15 is 0 Å². The molecule has 0 bridgehead atoms. The minimum Gasteiger partial charge on any atom is -0.455 e. The maximum Gasteiger partial charge on any atom is 0.164 e. The number of hydrogen-bond donors (Lipinski definition) is 0. The molecular formula is C37H23N3O. The zero-order valence-corrected chi connectivity index (χ0v) is 22.0. The number of furan rings is 1. The number of fused-ring (bicyclic) bond motifs is 5. The predicted octanol–water partition coefficient (Wildman–Crippen LogP) is 9.59. The van der Waals surface area contributed by atoms with Crippen LogP contribution in [0.1, 0.15) is 0 Å². The third-order valence-corrected chi connectivity index (χ3v) is 7.52. The minimum absolute atomic E-state index is 0.606. The molecule has 192 valence electrons. The van der Waals surface area contributed by atoms with Gasteiger partial charge in [0, 0.05) is 32.8 Å². The molecule has 0 aliphatic rings. The third kappa shape index (κ3) is 4.05. The monoisotopic (exact) mass is 525 g/mol. The number of nitrogens with zero attached hydrogens (tertiary/aromatic N) is 3. The lowest BCUT2D eigenvalue weighted by Gasteiger charge is -2.08. The highest BCUT2D eigenvalue weighted by atomic mass is 16.3. The standard InChI is InChI=1S/C37H23N3O/c1-4-12-24(13-5-1)31-23-32-29-21-20-27(22-33(29)41-34(32)30-19-11-10-18-28(30)31)37-39-35(25-14-6-2-7-15-25)38-36(40-37)26-16-8-3-9-17-26/h1-23H. The molecule has 4 nitrogen and oxygen atoms in total. The molecule has 0 unspecified atom stereocenters. The number of hydrogen-bond acceptors (Lipinski definition) is 4. The molecule has 0 saturated carbocycles. The van der Waals surface area contributed by atoms with Crippen LogP contribution in [0.3, 0.4) is 0 Å². The lowest BCUT2D eigenvalue weighted by Crippen LogP contribution is -2.00. The molecule has 6 aromatic carbocycles. The van der Waals surface area contributed by atoms with E-state index < -0.39 is 0 Å². The highest BCUT2D eigenvalue weighted by molar-refractivity contribution is 6.19. The van der Waals surface area contributed by atoms with Crippen molar-refractivity contribution in [2.24, 2.45) is 0 Å². The fraction of sp³-hybridized carbons (Fsp3) is 0. The van der Waals surface area contributed by atoms with Gasteiger partial charge >= 0.3 is 0 Å². The summed E-state index contributed by atoms with van der Waals surface area (Å²) >= 11 is 0. The van der Waals surface area contributed by atoms with E-state index in [1.807, 2.05) is 72.8 Å². The van der Waals surface area contributed by atoms with E-state index in [9.17, 15) is 0 Å². The van der Waals surface area contributed by atoms with Crippen LogP contribution in [0.15, 0.2) is 144 Å². The molecule has 41 heavy (non-hydrogen) atoms. The molecule has 0 saturated heterocycles. The second kappa shape index (κ2) is 9.54. The van der Waals surface area contributed by atoms with Gasteiger partial charge in [0.2, 0.25) is 0 Å². The van der Waals surface area contributed by atoms with Crippen molar-refractivity contribution in [2.75, 3.05) is 0 Å². The Hall–Kier alpha value is -5.61. The van der Waals surface area contributed by atoms with Gasteiger partial charge in [0.05, 0.1) is 0 Å². The summed E-state index contributed by atoms with van der Waals surface area (Å²) < 4.78 is 6.58. The van der Waals surface area contributed by atoms with E-state index in [2.05, 4.69) is 66.7 Å². The minimum atomic E-state index is 0.606. The summed E-state index contributed by atoms with van der Waals surface area (Å²) in [6.45, 7) is 0.